The van der Waals surface area contributed by atoms with Gasteiger partial charge in [0.15, 0.2) is 5.43 Å². The minimum Gasteiger partial charge on any atom is -0.352 e. The van der Waals surface area contributed by atoms with E-state index in [0.717, 1.165) is 19.5 Å². The van der Waals surface area contributed by atoms with Gasteiger partial charge in [0.05, 0.1) is 6.04 Å². The molecule has 0 amide bonds. The van der Waals surface area contributed by atoms with E-state index in [1.165, 1.54) is 16.7 Å². The van der Waals surface area contributed by atoms with E-state index in [1.807, 2.05) is 12.4 Å². The van der Waals surface area contributed by atoms with Gasteiger partial charge in [0.1, 0.15) is 0 Å². The molecule has 0 aliphatic heterocycles. The summed E-state index contributed by atoms with van der Waals surface area (Å²) in [6, 6.07) is 10.1. The lowest BCUT2D eigenvalue weighted by atomic mass is 10.0. The Morgan fingerprint density at radius 1 is 1.10 bits per heavy atom. The number of hydrogen-bond acceptors (Lipinski definition) is 2. The van der Waals surface area contributed by atoms with Crippen molar-refractivity contribution in [1.29, 1.82) is 0 Å². The number of nitrogens with one attached hydrogen (secondary N) is 1. The zero-order chi connectivity index (χ0) is 15.2. The minimum absolute atomic E-state index is 0.0516. The van der Waals surface area contributed by atoms with Crippen molar-refractivity contribution in [3.8, 4) is 0 Å². The average Bonchev–Trinajstić information content (AvgIpc) is 2.44. The van der Waals surface area contributed by atoms with Crippen molar-refractivity contribution < 1.29 is 0 Å². The summed E-state index contributed by atoms with van der Waals surface area (Å²) in [7, 11) is 0. The molecule has 0 radical (unpaired) electrons. The Morgan fingerprint density at radius 2 is 1.71 bits per heavy atom. The molecule has 0 aliphatic rings. The topological polar surface area (TPSA) is 34.0 Å². The summed E-state index contributed by atoms with van der Waals surface area (Å²) in [6.07, 6.45) is 4.81. The lowest BCUT2D eigenvalue weighted by Crippen LogP contribution is -2.26. The van der Waals surface area contributed by atoms with Gasteiger partial charge in [-0.05, 0) is 32.4 Å². The van der Waals surface area contributed by atoms with Gasteiger partial charge in [0, 0.05) is 31.1 Å². The number of aryl methyl sites for hydroxylation is 2. The predicted molar refractivity (Wildman–Crippen MR) is 87.7 cm³/mol. The first kappa shape index (κ1) is 15.5. The number of benzene rings is 1. The predicted octanol–water partition coefficient (Wildman–Crippen LogP) is 3.21. The monoisotopic (exact) mass is 284 g/mol. The van der Waals surface area contributed by atoms with Gasteiger partial charge in [-0.25, -0.2) is 0 Å². The van der Waals surface area contributed by atoms with Gasteiger partial charge in [-0.3, -0.25) is 4.79 Å². The maximum Gasteiger partial charge on any atom is 0.181 e. The van der Waals surface area contributed by atoms with Crippen LogP contribution in [0, 0.1) is 13.8 Å². The molecule has 0 saturated carbocycles. The van der Waals surface area contributed by atoms with Crippen molar-refractivity contribution in [1.82, 2.24) is 9.88 Å². The van der Waals surface area contributed by atoms with Crippen LogP contribution in [0.4, 0.5) is 0 Å². The van der Waals surface area contributed by atoms with E-state index in [1.54, 1.807) is 12.1 Å². The molecule has 1 atom stereocenters. The molecule has 2 aromatic rings. The SMILES string of the molecule is CCCNC(Cn1ccc(=O)cc1)c1cc(C)cc(C)c1. The molecule has 0 bridgehead atoms. The highest BCUT2D eigenvalue weighted by Crippen LogP contribution is 2.19. The molecule has 1 heterocycles. The molecule has 112 valence electrons. The molecule has 1 N–H and O–H groups in total. The van der Waals surface area contributed by atoms with Gasteiger partial charge < -0.3 is 9.88 Å². The minimum atomic E-state index is 0.0516. The quantitative estimate of drug-likeness (QED) is 0.884. The van der Waals surface area contributed by atoms with Crippen molar-refractivity contribution in [2.75, 3.05) is 6.54 Å². The first-order valence-corrected chi connectivity index (χ1v) is 7.56. The third-order valence-electron chi connectivity index (χ3n) is 3.54. The largest absolute Gasteiger partial charge is 0.352 e. The fraction of sp³-hybridized carbons (Fsp3) is 0.389. The third kappa shape index (κ3) is 4.57. The highest BCUT2D eigenvalue weighted by atomic mass is 16.1. The summed E-state index contributed by atoms with van der Waals surface area (Å²) >= 11 is 0. The zero-order valence-electron chi connectivity index (χ0n) is 13.1. The third-order valence-corrected chi connectivity index (χ3v) is 3.54. The number of aromatic nitrogens is 1. The fourth-order valence-electron chi connectivity index (χ4n) is 2.59. The molecule has 1 aromatic carbocycles. The van der Waals surface area contributed by atoms with Crippen molar-refractivity contribution >= 4 is 0 Å². The van der Waals surface area contributed by atoms with Gasteiger partial charge in [-0.2, -0.15) is 0 Å². The highest BCUT2D eigenvalue weighted by molar-refractivity contribution is 5.30. The first-order chi connectivity index (χ1) is 10.1. The maximum absolute atomic E-state index is 11.2. The number of rotatable bonds is 6. The summed E-state index contributed by atoms with van der Waals surface area (Å²) in [4.78, 5) is 11.2. The molecule has 0 fully saturated rings. The van der Waals surface area contributed by atoms with Crippen LogP contribution in [0.25, 0.3) is 0 Å². The van der Waals surface area contributed by atoms with Crippen molar-refractivity contribution in [3.63, 3.8) is 0 Å². The first-order valence-electron chi connectivity index (χ1n) is 7.56. The van der Waals surface area contributed by atoms with Crippen LogP contribution in [0.5, 0.6) is 0 Å². The Labute approximate surface area is 126 Å². The molecule has 1 unspecified atom stereocenters. The van der Waals surface area contributed by atoms with Crippen molar-refractivity contribution in [2.45, 2.75) is 39.8 Å². The second-order valence-electron chi connectivity index (χ2n) is 5.66. The van der Waals surface area contributed by atoms with Crippen LogP contribution in [-0.4, -0.2) is 11.1 Å². The van der Waals surface area contributed by atoms with E-state index in [2.05, 4.69) is 48.9 Å². The molecule has 1 aromatic heterocycles. The molecular weight excluding hydrogens is 260 g/mol. The highest BCUT2D eigenvalue weighted by Gasteiger charge is 2.11. The summed E-state index contributed by atoms with van der Waals surface area (Å²) in [5.74, 6) is 0. The van der Waals surface area contributed by atoms with Crippen molar-refractivity contribution in [3.05, 3.63) is 69.6 Å². The molecule has 21 heavy (non-hydrogen) atoms. The summed E-state index contributed by atoms with van der Waals surface area (Å²) < 4.78 is 2.06. The van der Waals surface area contributed by atoms with Gasteiger partial charge >= 0.3 is 0 Å². The van der Waals surface area contributed by atoms with E-state index >= 15 is 0 Å². The smallest absolute Gasteiger partial charge is 0.181 e. The summed E-state index contributed by atoms with van der Waals surface area (Å²) in [6.45, 7) is 8.24. The van der Waals surface area contributed by atoms with Crippen LogP contribution < -0.4 is 10.7 Å². The Balaban J connectivity index is 2.24. The van der Waals surface area contributed by atoms with E-state index in [9.17, 15) is 4.79 Å². The van der Waals surface area contributed by atoms with Crippen molar-refractivity contribution in [2.24, 2.45) is 0 Å². The van der Waals surface area contributed by atoms with E-state index in [-0.39, 0.29) is 11.5 Å². The molecule has 3 nitrogen and oxygen atoms in total. The lowest BCUT2D eigenvalue weighted by molar-refractivity contribution is 0.461. The number of nitrogens with zero attached hydrogens (tertiary/aromatic N) is 1. The molecule has 2 rings (SSSR count). The number of pyridine rings is 1. The van der Waals surface area contributed by atoms with Gasteiger partial charge in [-0.1, -0.05) is 36.2 Å². The van der Waals surface area contributed by atoms with Crippen LogP contribution in [0.3, 0.4) is 0 Å². The molecule has 0 aliphatic carbocycles. The van der Waals surface area contributed by atoms with Crippen LogP contribution >= 0.6 is 0 Å². The average molecular weight is 284 g/mol. The van der Waals surface area contributed by atoms with Crippen LogP contribution in [-0.2, 0) is 6.54 Å². The van der Waals surface area contributed by atoms with Crippen LogP contribution in [0.1, 0.15) is 36.1 Å². The van der Waals surface area contributed by atoms with E-state index in [4.69, 9.17) is 0 Å². The standard InChI is InChI=1S/C18H24N2O/c1-4-7-19-18(13-20-8-5-17(21)6-9-20)16-11-14(2)10-15(3)12-16/h5-6,8-12,18-19H,4,7,13H2,1-3H3. The fourth-order valence-corrected chi connectivity index (χ4v) is 2.59. The van der Waals surface area contributed by atoms with Gasteiger partial charge in [0.2, 0.25) is 0 Å². The van der Waals surface area contributed by atoms with Crippen LogP contribution in [0.2, 0.25) is 0 Å². The van der Waals surface area contributed by atoms with Gasteiger partial charge in [-0.15, -0.1) is 0 Å². The van der Waals surface area contributed by atoms with E-state index < -0.39 is 0 Å². The van der Waals surface area contributed by atoms with Crippen LogP contribution in [0.15, 0.2) is 47.5 Å². The molecule has 3 heteroatoms. The molecule has 0 spiro atoms. The Bertz CT molecular complexity index is 605. The maximum atomic E-state index is 11.2. The summed E-state index contributed by atoms with van der Waals surface area (Å²) in [5, 5.41) is 3.60. The zero-order valence-corrected chi connectivity index (χ0v) is 13.1. The Hall–Kier alpha value is -1.87. The van der Waals surface area contributed by atoms with Gasteiger partial charge in [0.25, 0.3) is 0 Å². The Morgan fingerprint density at radius 3 is 2.29 bits per heavy atom. The second kappa shape index (κ2) is 7.23. The van der Waals surface area contributed by atoms with E-state index in [0.29, 0.717) is 0 Å². The normalized spacial score (nSPS) is 12.3. The molecule has 0 saturated heterocycles. The summed E-state index contributed by atoms with van der Waals surface area (Å²) in [5.41, 5.74) is 3.93. The second-order valence-corrected chi connectivity index (χ2v) is 5.66. The molecular formula is C18H24N2O. The Kier molecular flexibility index (Phi) is 5.34. The lowest BCUT2D eigenvalue weighted by Gasteiger charge is -2.21. The number of hydrogen-bond donors (Lipinski definition) is 1.